The second kappa shape index (κ2) is 5.43. The highest BCUT2D eigenvalue weighted by Crippen LogP contribution is 2.47. The number of carbonyl (C=O) groups excluding carboxylic acids is 1. The maximum atomic E-state index is 12.2. The molecule has 0 unspecified atom stereocenters. The summed E-state index contributed by atoms with van der Waals surface area (Å²) in [5.74, 6) is 0.699. The van der Waals surface area contributed by atoms with E-state index in [1.165, 1.54) is 0 Å². The summed E-state index contributed by atoms with van der Waals surface area (Å²) in [6, 6.07) is 3.71. The lowest BCUT2D eigenvalue weighted by molar-refractivity contribution is -0.117. The van der Waals surface area contributed by atoms with Crippen LogP contribution in [0.15, 0.2) is 22.5 Å². The Hall–Kier alpha value is -1.66. The first-order valence-corrected chi connectivity index (χ1v) is 9.11. The van der Waals surface area contributed by atoms with Gasteiger partial charge >= 0.3 is 0 Å². The van der Waals surface area contributed by atoms with Crippen molar-refractivity contribution in [2.75, 3.05) is 24.5 Å². The first kappa shape index (κ1) is 15.8. The van der Waals surface area contributed by atoms with Crippen molar-refractivity contribution in [2.24, 2.45) is 4.99 Å². The highest BCUT2D eigenvalue weighted by atomic mass is 35.5. The Bertz CT molecular complexity index is 803. The molecular weight excluding hydrogens is 346 g/mol. The van der Waals surface area contributed by atoms with Gasteiger partial charge in [-0.1, -0.05) is 23.4 Å². The zero-order valence-electron chi connectivity index (χ0n) is 13.8. The number of halogens is 1. The Labute approximate surface area is 150 Å². The summed E-state index contributed by atoms with van der Waals surface area (Å²) >= 11 is 7.98. The summed E-state index contributed by atoms with van der Waals surface area (Å²) in [5, 5.41) is 3.68. The molecule has 3 aliphatic rings. The van der Waals surface area contributed by atoms with E-state index in [1.54, 1.807) is 29.7 Å². The first-order chi connectivity index (χ1) is 11.4. The van der Waals surface area contributed by atoms with Crippen molar-refractivity contribution in [1.29, 1.82) is 0 Å². The molecule has 1 aromatic rings. The van der Waals surface area contributed by atoms with Crippen molar-refractivity contribution < 1.29 is 9.53 Å². The van der Waals surface area contributed by atoms with Gasteiger partial charge < -0.3 is 14.5 Å². The summed E-state index contributed by atoms with van der Waals surface area (Å²) in [5.41, 5.74) is 2.22. The molecular formula is C17H18ClN3O2S. The van der Waals surface area contributed by atoms with E-state index < -0.39 is 5.60 Å². The molecule has 3 heterocycles. The largest absolute Gasteiger partial charge is 0.483 e. The highest BCUT2D eigenvalue weighted by molar-refractivity contribution is 8.16. The van der Waals surface area contributed by atoms with Gasteiger partial charge in [0.1, 0.15) is 5.60 Å². The number of ether oxygens (including phenoxy) is 1. The lowest BCUT2D eigenvalue weighted by Gasteiger charge is -2.40. The van der Waals surface area contributed by atoms with Crippen molar-refractivity contribution in [1.82, 2.24) is 4.90 Å². The zero-order chi connectivity index (χ0) is 17.1. The van der Waals surface area contributed by atoms with Crippen molar-refractivity contribution in [3.63, 3.8) is 0 Å². The number of carbonyl (C=O) groups is 1. The highest BCUT2D eigenvalue weighted by Gasteiger charge is 2.38. The molecule has 0 aromatic heterocycles. The van der Waals surface area contributed by atoms with E-state index in [2.05, 4.69) is 15.3 Å². The molecule has 5 nitrogen and oxygen atoms in total. The molecule has 0 saturated carbocycles. The summed E-state index contributed by atoms with van der Waals surface area (Å²) < 4.78 is 6.28. The molecule has 0 aliphatic carbocycles. The molecule has 3 aliphatic heterocycles. The molecule has 0 bridgehead atoms. The third-order valence-electron chi connectivity index (χ3n) is 4.27. The number of amidine groups is 1. The van der Waals surface area contributed by atoms with Crippen LogP contribution in [0.1, 0.15) is 26.3 Å². The van der Waals surface area contributed by atoms with E-state index in [1.807, 2.05) is 19.9 Å². The van der Waals surface area contributed by atoms with Crippen LogP contribution in [-0.2, 0) is 4.79 Å². The van der Waals surface area contributed by atoms with Gasteiger partial charge in [-0.3, -0.25) is 9.79 Å². The fourth-order valence-electron chi connectivity index (χ4n) is 3.26. The van der Waals surface area contributed by atoms with E-state index in [4.69, 9.17) is 16.3 Å². The lowest BCUT2D eigenvalue weighted by atomic mass is 10.0. The van der Waals surface area contributed by atoms with E-state index >= 15 is 0 Å². The quantitative estimate of drug-likeness (QED) is 0.765. The molecule has 7 heteroatoms. The van der Waals surface area contributed by atoms with Gasteiger partial charge in [0.15, 0.2) is 10.9 Å². The Morgan fingerprint density at radius 3 is 2.96 bits per heavy atom. The Morgan fingerprint density at radius 1 is 1.42 bits per heavy atom. The predicted octanol–water partition coefficient (Wildman–Crippen LogP) is 3.58. The number of amides is 1. The number of benzene rings is 1. The van der Waals surface area contributed by atoms with Crippen LogP contribution < -0.4 is 9.64 Å². The summed E-state index contributed by atoms with van der Waals surface area (Å²) in [7, 11) is 0. The fourth-order valence-corrected chi connectivity index (χ4v) is 4.43. The summed E-state index contributed by atoms with van der Waals surface area (Å²) in [6.45, 7) is 7.71. The minimum atomic E-state index is -0.463. The van der Waals surface area contributed by atoms with Gasteiger partial charge in [-0.25, -0.2) is 0 Å². The Morgan fingerprint density at radius 2 is 2.21 bits per heavy atom. The van der Waals surface area contributed by atoms with Crippen LogP contribution in [-0.4, -0.2) is 41.2 Å². The van der Waals surface area contributed by atoms with Crippen LogP contribution in [0.3, 0.4) is 0 Å². The molecule has 1 amide bonds. The van der Waals surface area contributed by atoms with E-state index in [9.17, 15) is 4.79 Å². The van der Waals surface area contributed by atoms with Crippen LogP contribution >= 0.6 is 23.4 Å². The number of fused-ring (bicyclic) bond motifs is 2. The number of nitrogens with zero attached hydrogens (tertiary/aromatic N) is 3. The number of anilines is 1. The normalized spacial score (nSPS) is 21.0. The molecule has 4 rings (SSSR count). The van der Waals surface area contributed by atoms with E-state index in [0.29, 0.717) is 17.3 Å². The number of hydrogen-bond donors (Lipinski definition) is 0. The minimum Gasteiger partial charge on any atom is -0.483 e. The van der Waals surface area contributed by atoms with Crippen molar-refractivity contribution in [3.8, 4) is 5.75 Å². The average Bonchev–Trinajstić information content (AvgIpc) is 3.08. The zero-order valence-corrected chi connectivity index (χ0v) is 15.4. The van der Waals surface area contributed by atoms with Gasteiger partial charge in [-0.2, -0.15) is 0 Å². The van der Waals surface area contributed by atoms with Gasteiger partial charge in [0, 0.05) is 29.5 Å². The third-order valence-corrected chi connectivity index (χ3v) is 5.39. The van der Waals surface area contributed by atoms with Crippen LogP contribution in [0, 0.1) is 0 Å². The van der Waals surface area contributed by atoms with E-state index in [-0.39, 0.29) is 5.91 Å². The molecule has 0 radical (unpaired) electrons. The monoisotopic (exact) mass is 363 g/mol. The number of thioether (sulfide) groups is 1. The first-order valence-electron chi connectivity index (χ1n) is 7.85. The van der Waals surface area contributed by atoms with Gasteiger partial charge in [0.25, 0.3) is 0 Å². The summed E-state index contributed by atoms with van der Waals surface area (Å²) in [4.78, 5) is 20.6. The third kappa shape index (κ3) is 2.48. The SMILES string of the molecule is CC(=O)N1CC(C)(C)Oc2c(C3=CSC4=NCCN34)cc(Cl)cc21. The number of hydrogen-bond acceptors (Lipinski definition) is 5. The standard InChI is InChI=1S/C17H18ClN3O2S/c1-10(22)21-9-17(2,3)23-15-12(6-11(18)7-13(15)21)14-8-24-16-19-4-5-20(14)16/h6-8H,4-5,9H2,1-3H3. The second-order valence-corrected chi connectivity index (χ2v) is 7.98. The smallest absolute Gasteiger partial charge is 0.224 e. The van der Waals surface area contributed by atoms with Crippen molar-refractivity contribution >= 4 is 45.8 Å². The average molecular weight is 364 g/mol. The summed E-state index contributed by atoms with van der Waals surface area (Å²) in [6.07, 6.45) is 0. The van der Waals surface area contributed by atoms with Crippen LogP contribution in [0.2, 0.25) is 5.02 Å². The number of rotatable bonds is 1. The topological polar surface area (TPSA) is 45.1 Å². The molecule has 0 saturated heterocycles. The molecule has 126 valence electrons. The second-order valence-electron chi connectivity index (χ2n) is 6.71. The number of aliphatic imine (C=N–C) groups is 1. The van der Waals surface area contributed by atoms with Gasteiger partial charge in [0.05, 0.1) is 24.5 Å². The van der Waals surface area contributed by atoms with Gasteiger partial charge in [-0.05, 0) is 26.0 Å². The molecule has 24 heavy (non-hydrogen) atoms. The molecule has 1 aromatic carbocycles. The van der Waals surface area contributed by atoms with Crippen molar-refractivity contribution in [3.05, 3.63) is 28.1 Å². The molecule has 0 fully saturated rings. The molecule has 0 atom stereocenters. The van der Waals surface area contributed by atoms with Gasteiger partial charge in [0.2, 0.25) is 5.91 Å². The maximum absolute atomic E-state index is 12.2. The van der Waals surface area contributed by atoms with E-state index in [0.717, 1.165) is 35.2 Å². The van der Waals surface area contributed by atoms with Gasteiger partial charge in [-0.15, -0.1) is 0 Å². The lowest BCUT2D eigenvalue weighted by Crippen LogP contribution is -2.49. The molecule has 0 spiro atoms. The fraction of sp³-hybridized carbons (Fsp3) is 0.412. The maximum Gasteiger partial charge on any atom is 0.224 e. The van der Waals surface area contributed by atoms with Crippen LogP contribution in [0.5, 0.6) is 5.75 Å². The van der Waals surface area contributed by atoms with Crippen molar-refractivity contribution in [2.45, 2.75) is 26.4 Å². The predicted molar refractivity (Wildman–Crippen MR) is 98.8 cm³/mol. The van der Waals surface area contributed by atoms with Crippen LogP contribution in [0.25, 0.3) is 5.70 Å². The molecule has 0 N–H and O–H groups in total. The Balaban J connectivity index is 1.88. The Kier molecular flexibility index (Phi) is 3.58. The van der Waals surface area contributed by atoms with Crippen LogP contribution in [0.4, 0.5) is 5.69 Å². The minimum absolute atomic E-state index is 0.0148.